The molecule has 28 heavy (non-hydrogen) atoms. The molecule has 1 aromatic heterocycles. The van der Waals surface area contributed by atoms with Crippen LogP contribution in [0.25, 0.3) is 11.0 Å². The zero-order valence-electron chi connectivity index (χ0n) is 14.7. The van der Waals surface area contributed by atoms with Gasteiger partial charge in [-0.2, -0.15) is 13.2 Å². The molecule has 1 amide bonds. The van der Waals surface area contributed by atoms with Gasteiger partial charge in [0, 0.05) is 11.9 Å². The molecule has 0 saturated heterocycles. The van der Waals surface area contributed by atoms with Crippen molar-refractivity contribution in [2.24, 2.45) is 0 Å². The van der Waals surface area contributed by atoms with Crippen LogP contribution in [-0.4, -0.2) is 30.1 Å². The number of benzene rings is 2. The molecule has 0 aliphatic rings. The maximum Gasteiger partial charge on any atom is 0.416 e. The Hall–Kier alpha value is -2.88. The van der Waals surface area contributed by atoms with Gasteiger partial charge in [-0.3, -0.25) is 4.79 Å². The molecule has 3 rings (SSSR count). The number of hydrogen-bond donors (Lipinski definition) is 1. The number of aromatic nitrogens is 2. The highest BCUT2D eigenvalue weighted by Crippen LogP contribution is 2.30. The maximum atomic E-state index is 12.8. The molecule has 2 aromatic carbocycles. The van der Waals surface area contributed by atoms with Crippen LogP contribution in [0.2, 0.25) is 0 Å². The lowest BCUT2D eigenvalue weighted by Gasteiger charge is -2.12. The van der Waals surface area contributed by atoms with E-state index in [1.807, 2.05) is 0 Å². The second kappa shape index (κ2) is 7.27. The van der Waals surface area contributed by atoms with E-state index in [9.17, 15) is 26.4 Å². The van der Waals surface area contributed by atoms with Gasteiger partial charge in [0.2, 0.25) is 5.91 Å². The zero-order valence-corrected chi connectivity index (χ0v) is 15.5. The third-order valence-electron chi connectivity index (χ3n) is 3.90. The van der Waals surface area contributed by atoms with Gasteiger partial charge in [-0.25, -0.2) is 13.4 Å². The number of halogens is 3. The van der Waals surface area contributed by atoms with E-state index in [-0.39, 0.29) is 23.8 Å². The van der Waals surface area contributed by atoms with E-state index in [2.05, 4.69) is 10.3 Å². The van der Waals surface area contributed by atoms with Gasteiger partial charge in [0.25, 0.3) is 0 Å². The average molecular weight is 411 g/mol. The standard InChI is InChI=1S/C18H16F3N3O3S/c1-28(26,27)11-16-23-14-7-2-3-8-15(14)24(16)10-17(25)22-13-6-4-5-12(9-13)18(19,20)21/h2-9H,10-11H2,1H3,(H,22,25). The molecule has 0 aliphatic heterocycles. The van der Waals surface area contributed by atoms with E-state index < -0.39 is 27.5 Å². The quantitative estimate of drug-likeness (QED) is 0.699. The Balaban J connectivity index is 1.88. The van der Waals surface area contributed by atoms with E-state index in [4.69, 9.17) is 0 Å². The fraction of sp³-hybridized carbons (Fsp3) is 0.222. The van der Waals surface area contributed by atoms with E-state index >= 15 is 0 Å². The van der Waals surface area contributed by atoms with Crippen LogP contribution >= 0.6 is 0 Å². The zero-order chi connectivity index (χ0) is 20.5. The first-order chi connectivity index (χ1) is 13.0. The van der Waals surface area contributed by atoms with Crippen molar-refractivity contribution in [3.8, 4) is 0 Å². The number of hydrogen-bond acceptors (Lipinski definition) is 4. The first-order valence-electron chi connectivity index (χ1n) is 8.12. The molecule has 0 saturated carbocycles. The van der Waals surface area contributed by atoms with Gasteiger partial charge < -0.3 is 9.88 Å². The van der Waals surface area contributed by atoms with Crippen LogP contribution < -0.4 is 5.32 Å². The summed E-state index contributed by atoms with van der Waals surface area (Å²) in [5.74, 6) is -0.779. The number of carbonyl (C=O) groups is 1. The summed E-state index contributed by atoms with van der Waals surface area (Å²) in [5.41, 5.74) is 0.193. The van der Waals surface area contributed by atoms with Crippen molar-refractivity contribution < 1.29 is 26.4 Å². The maximum absolute atomic E-state index is 12.8. The second-order valence-corrected chi connectivity index (χ2v) is 8.44. The van der Waals surface area contributed by atoms with E-state index in [0.717, 1.165) is 18.4 Å². The Bertz CT molecular complexity index is 1140. The third-order valence-corrected chi connectivity index (χ3v) is 4.68. The monoisotopic (exact) mass is 411 g/mol. The fourth-order valence-corrected chi connectivity index (χ4v) is 3.45. The molecule has 6 nitrogen and oxygen atoms in total. The van der Waals surface area contributed by atoms with Crippen molar-refractivity contribution in [2.45, 2.75) is 18.5 Å². The predicted octanol–water partition coefficient (Wildman–Crippen LogP) is 3.24. The largest absolute Gasteiger partial charge is 0.416 e. The molecule has 1 heterocycles. The minimum absolute atomic E-state index is 0.00564. The average Bonchev–Trinajstić information content (AvgIpc) is 2.90. The Labute approximate surface area is 158 Å². The lowest BCUT2D eigenvalue weighted by molar-refractivity contribution is -0.137. The molecule has 0 aliphatic carbocycles. The molecule has 0 radical (unpaired) electrons. The minimum Gasteiger partial charge on any atom is -0.325 e. The highest BCUT2D eigenvalue weighted by atomic mass is 32.2. The fourth-order valence-electron chi connectivity index (χ4n) is 2.76. The van der Waals surface area contributed by atoms with Gasteiger partial charge in [0.1, 0.15) is 18.1 Å². The molecule has 0 spiro atoms. The molecule has 3 aromatic rings. The number of amides is 1. The molecule has 0 unspecified atom stereocenters. The highest BCUT2D eigenvalue weighted by molar-refractivity contribution is 7.89. The van der Waals surface area contributed by atoms with Crippen molar-refractivity contribution in [1.29, 1.82) is 0 Å². The van der Waals surface area contributed by atoms with Gasteiger partial charge >= 0.3 is 6.18 Å². The van der Waals surface area contributed by atoms with Crippen molar-refractivity contribution in [1.82, 2.24) is 9.55 Å². The molecular formula is C18H16F3N3O3S. The van der Waals surface area contributed by atoms with Crippen LogP contribution in [0.5, 0.6) is 0 Å². The first-order valence-corrected chi connectivity index (χ1v) is 10.2. The molecule has 0 fully saturated rings. The smallest absolute Gasteiger partial charge is 0.325 e. The number of anilines is 1. The number of nitrogens with zero attached hydrogens (tertiary/aromatic N) is 2. The van der Waals surface area contributed by atoms with Crippen molar-refractivity contribution in [3.63, 3.8) is 0 Å². The summed E-state index contributed by atoms with van der Waals surface area (Å²) in [6.07, 6.45) is -3.47. The molecular weight excluding hydrogens is 395 g/mol. The minimum atomic E-state index is -4.52. The first kappa shape index (κ1) is 19.9. The Morgan fingerprint density at radius 1 is 1.14 bits per heavy atom. The Morgan fingerprint density at radius 2 is 1.86 bits per heavy atom. The molecule has 148 valence electrons. The third kappa shape index (κ3) is 4.69. The molecule has 0 bridgehead atoms. The van der Waals surface area contributed by atoms with E-state index in [1.165, 1.54) is 16.7 Å². The van der Waals surface area contributed by atoms with Crippen LogP contribution in [0, 0.1) is 0 Å². The van der Waals surface area contributed by atoms with Crippen molar-refractivity contribution >= 4 is 32.5 Å². The number of alkyl halides is 3. The van der Waals surface area contributed by atoms with Crippen LogP contribution in [0.15, 0.2) is 48.5 Å². The number of para-hydroxylation sites is 2. The van der Waals surface area contributed by atoms with Gasteiger partial charge in [0.05, 0.1) is 16.6 Å². The van der Waals surface area contributed by atoms with Crippen molar-refractivity contribution in [3.05, 3.63) is 59.9 Å². The summed E-state index contributed by atoms with van der Waals surface area (Å²) in [6, 6.07) is 11.1. The van der Waals surface area contributed by atoms with Crippen LogP contribution in [-0.2, 0) is 33.1 Å². The summed E-state index contributed by atoms with van der Waals surface area (Å²) >= 11 is 0. The van der Waals surface area contributed by atoms with Crippen LogP contribution in [0.1, 0.15) is 11.4 Å². The normalized spacial score (nSPS) is 12.3. The summed E-state index contributed by atoms with van der Waals surface area (Å²) in [6.45, 7) is -0.290. The lowest BCUT2D eigenvalue weighted by atomic mass is 10.2. The van der Waals surface area contributed by atoms with Gasteiger partial charge in [-0.1, -0.05) is 18.2 Å². The molecule has 0 atom stereocenters. The molecule has 1 N–H and O–H groups in total. The number of nitrogens with one attached hydrogen (secondary N) is 1. The van der Waals surface area contributed by atoms with Crippen LogP contribution in [0.3, 0.4) is 0 Å². The summed E-state index contributed by atoms with van der Waals surface area (Å²) in [5, 5.41) is 2.41. The second-order valence-electron chi connectivity index (χ2n) is 6.30. The summed E-state index contributed by atoms with van der Waals surface area (Å²) in [7, 11) is -3.40. The Kier molecular flexibility index (Phi) is 5.16. The predicted molar refractivity (Wildman–Crippen MR) is 98.4 cm³/mol. The number of imidazole rings is 1. The Morgan fingerprint density at radius 3 is 2.54 bits per heavy atom. The highest BCUT2D eigenvalue weighted by Gasteiger charge is 2.30. The topological polar surface area (TPSA) is 81.1 Å². The number of carbonyl (C=O) groups excluding carboxylic acids is 1. The molecule has 10 heteroatoms. The summed E-state index contributed by atoms with van der Waals surface area (Å²) in [4.78, 5) is 16.7. The van der Waals surface area contributed by atoms with Gasteiger partial charge in [-0.15, -0.1) is 0 Å². The van der Waals surface area contributed by atoms with Gasteiger partial charge in [-0.05, 0) is 30.3 Å². The van der Waals surface area contributed by atoms with Crippen LogP contribution in [0.4, 0.5) is 18.9 Å². The number of fused-ring (bicyclic) bond motifs is 1. The summed E-state index contributed by atoms with van der Waals surface area (Å²) < 4.78 is 63.2. The SMILES string of the molecule is CS(=O)(=O)Cc1nc2ccccc2n1CC(=O)Nc1cccc(C(F)(F)F)c1. The number of rotatable bonds is 5. The van der Waals surface area contributed by atoms with E-state index in [0.29, 0.717) is 11.0 Å². The lowest BCUT2D eigenvalue weighted by Crippen LogP contribution is -2.21. The van der Waals surface area contributed by atoms with Crippen molar-refractivity contribution in [2.75, 3.05) is 11.6 Å². The van der Waals surface area contributed by atoms with E-state index in [1.54, 1.807) is 24.3 Å². The van der Waals surface area contributed by atoms with Gasteiger partial charge in [0.15, 0.2) is 9.84 Å². The number of sulfone groups is 1.